The van der Waals surface area contributed by atoms with E-state index >= 15 is 0 Å². The molecule has 0 radical (unpaired) electrons. The maximum absolute atomic E-state index is 12.2. The quantitative estimate of drug-likeness (QED) is 0.791. The van der Waals surface area contributed by atoms with Gasteiger partial charge in [-0.05, 0) is 29.3 Å². The first-order valence-electron chi connectivity index (χ1n) is 6.97. The lowest BCUT2D eigenvalue weighted by Gasteiger charge is -2.18. The molecule has 1 amide bonds. The van der Waals surface area contributed by atoms with Crippen molar-refractivity contribution in [2.24, 2.45) is 0 Å². The van der Waals surface area contributed by atoms with Crippen LogP contribution >= 0.6 is 11.6 Å². The van der Waals surface area contributed by atoms with Crippen LogP contribution in [0.3, 0.4) is 0 Å². The van der Waals surface area contributed by atoms with Crippen molar-refractivity contribution in [3.05, 3.63) is 64.7 Å². The molecule has 0 N–H and O–H groups in total. The van der Waals surface area contributed by atoms with Gasteiger partial charge in [0.25, 0.3) is 0 Å². The van der Waals surface area contributed by atoms with Crippen LogP contribution in [0.2, 0.25) is 5.02 Å². The molecule has 23 heavy (non-hydrogen) atoms. The summed E-state index contributed by atoms with van der Waals surface area (Å²) in [4.78, 5) is 13.8. The van der Waals surface area contributed by atoms with E-state index in [1.54, 1.807) is 30.1 Å². The summed E-state index contributed by atoms with van der Waals surface area (Å²) >= 11 is 6.05. The minimum atomic E-state index is -2.85. The van der Waals surface area contributed by atoms with Crippen LogP contribution in [0.1, 0.15) is 11.1 Å². The van der Waals surface area contributed by atoms with Gasteiger partial charge in [-0.15, -0.1) is 0 Å². The van der Waals surface area contributed by atoms with E-state index in [4.69, 9.17) is 11.6 Å². The van der Waals surface area contributed by atoms with Gasteiger partial charge in [0.1, 0.15) is 5.75 Å². The Morgan fingerprint density at radius 3 is 2.43 bits per heavy atom. The molecule has 2 aromatic rings. The predicted octanol–water partition coefficient (Wildman–Crippen LogP) is 4.14. The summed E-state index contributed by atoms with van der Waals surface area (Å²) in [5.74, 6) is 0.0137. The van der Waals surface area contributed by atoms with Gasteiger partial charge in [0, 0.05) is 18.6 Å². The van der Waals surface area contributed by atoms with Crippen LogP contribution in [-0.4, -0.2) is 24.5 Å². The number of carbonyl (C=O) groups excluding carboxylic acids is 1. The van der Waals surface area contributed by atoms with E-state index < -0.39 is 6.61 Å². The van der Waals surface area contributed by atoms with Crippen LogP contribution in [0, 0.1) is 0 Å². The monoisotopic (exact) mass is 339 g/mol. The van der Waals surface area contributed by atoms with Crippen molar-refractivity contribution in [1.29, 1.82) is 0 Å². The molecular weight excluding hydrogens is 324 g/mol. The third kappa shape index (κ3) is 5.21. The van der Waals surface area contributed by atoms with Crippen molar-refractivity contribution in [3.8, 4) is 5.75 Å². The molecule has 0 aliphatic heterocycles. The average Bonchev–Trinajstić information content (AvgIpc) is 2.51. The summed E-state index contributed by atoms with van der Waals surface area (Å²) in [6.45, 7) is -2.47. The Morgan fingerprint density at radius 2 is 1.83 bits per heavy atom. The molecule has 0 aromatic heterocycles. The summed E-state index contributed by atoms with van der Waals surface area (Å²) < 4.78 is 28.5. The normalized spacial score (nSPS) is 10.7. The number of benzene rings is 2. The summed E-state index contributed by atoms with van der Waals surface area (Å²) in [6.07, 6.45) is 0.211. The zero-order valence-electron chi connectivity index (χ0n) is 12.5. The molecule has 0 saturated carbocycles. The molecule has 0 saturated heterocycles. The van der Waals surface area contributed by atoms with Crippen molar-refractivity contribution >= 4 is 17.5 Å². The van der Waals surface area contributed by atoms with Crippen LogP contribution in [0.15, 0.2) is 48.5 Å². The Hall–Kier alpha value is -2.14. The first-order valence-corrected chi connectivity index (χ1v) is 7.34. The summed E-state index contributed by atoms with van der Waals surface area (Å²) in [7, 11) is 1.68. The third-order valence-corrected chi connectivity index (χ3v) is 3.66. The van der Waals surface area contributed by atoms with Crippen LogP contribution in [-0.2, 0) is 17.8 Å². The smallest absolute Gasteiger partial charge is 0.387 e. The van der Waals surface area contributed by atoms with Crippen molar-refractivity contribution in [3.63, 3.8) is 0 Å². The second-order valence-corrected chi connectivity index (χ2v) is 5.45. The zero-order valence-corrected chi connectivity index (χ0v) is 13.3. The Balaban J connectivity index is 1.94. The topological polar surface area (TPSA) is 29.5 Å². The van der Waals surface area contributed by atoms with Crippen molar-refractivity contribution in [2.75, 3.05) is 7.05 Å². The number of nitrogens with zero attached hydrogens (tertiary/aromatic N) is 1. The van der Waals surface area contributed by atoms with E-state index in [2.05, 4.69) is 4.74 Å². The average molecular weight is 340 g/mol. The van der Waals surface area contributed by atoms with E-state index in [-0.39, 0.29) is 18.1 Å². The summed E-state index contributed by atoms with van der Waals surface area (Å²) in [5, 5.41) is 0.558. The molecule has 2 rings (SSSR count). The number of likely N-dealkylation sites (N-methyl/N-ethyl adjacent to an activating group) is 1. The Labute approximate surface area is 138 Å². The number of amides is 1. The number of halogens is 3. The van der Waals surface area contributed by atoms with E-state index in [0.717, 1.165) is 11.1 Å². The Morgan fingerprint density at radius 1 is 1.17 bits per heavy atom. The Kier molecular flexibility index (Phi) is 5.93. The maximum Gasteiger partial charge on any atom is 0.387 e. The van der Waals surface area contributed by atoms with Crippen molar-refractivity contribution < 1.29 is 18.3 Å². The summed E-state index contributed by atoms with van der Waals surface area (Å²) in [6, 6.07) is 13.4. The number of alkyl halides is 2. The Bertz CT molecular complexity index is 662. The first kappa shape index (κ1) is 17.2. The number of carbonyl (C=O) groups is 1. The van der Waals surface area contributed by atoms with Crippen LogP contribution in [0.4, 0.5) is 8.78 Å². The molecule has 0 heterocycles. The van der Waals surface area contributed by atoms with Crippen LogP contribution in [0.5, 0.6) is 5.75 Å². The van der Waals surface area contributed by atoms with Gasteiger partial charge in [0.05, 0.1) is 6.42 Å². The van der Waals surface area contributed by atoms with E-state index in [0.29, 0.717) is 11.6 Å². The highest BCUT2D eigenvalue weighted by molar-refractivity contribution is 6.31. The number of hydrogen-bond acceptors (Lipinski definition) is 2. The summed E-state index contributed by atoms with van der Waals surface area (Å²) in [5.41, 5.74) is 1.59. The van der Waals surface area contributed by atoms with Gasteiger partial charge >= 0.3 is 6.61 Å². The number of rotatable bonds is 6. The lowest BCUT2D eigenvalue weighted by Crippen LogP contribution is -2.27. The van der Waals surface area contributed by atoms with E-state index in [1.165, 1.54) is 12.1 Å². The minimum absolute atomic E-state index is 0.0778. The van der Waals surface area contributed by atoms with E-state index in [1.807, 2.05) is 18.2 Å². The minimum Gasteiger partial charge on any atom is -0.435 e. The molecule has 0 atom stereocenters. The lowest BCUT2D eigenvalue weighted by atomic mass is 10.1. The second-order valence-electron chi connectivity index (χ2n) is 5.04. The molecule has 0 aliphatic rings. The van der Waals surface area contributed by atoms with Gasteiger partial charge in [-0.2, -0.15) is 8.78 Å². The van der Waals surface area contributed by atoms with Gasteiger partial charge in [0.15, 0.2) is 0 Å². The fraction of sp³-hybridized carbons (Fsp3) is 0.235. The van der Waals surface area contributed by atoms with Gasteiger partial charge in [-0.3, -0.25) is 4.79 Å². The van der Waals surface area contributed by atoms with Gasteiger partial charge in [-0.25, -0.2) is 0 Å². The first-order chi connectivity index (χ1) is 11.0. The zero-order chi connectivity index (χ0) is 16.8. The molecule has 0 fully saturated rings. The molecule has 3 nitrogen and oxygen atoms in total. The predicted molar refractivity (Wildman–Crippen MR) is 84.7 cm³/mol. The van der Waals surface area contributed by atoms with Gasteiger partial charge in [0.2, 0.25) is 5.91 Å². The molecule has 0 bridgehead atoms. The second kappa shape index (κ2) is 7.92. The largest absolute Gasteiger partial charge is 0.435 e. The molecule has 0 unspecified atom stereocenters. The molecule has 0 aliphatic carbocycles. The highest BCUT2D eigenvalue weighted by Gasteiger charge is 2.12. The lowest BCUT2D eigenvalue weighted by molar-refractivity contribution is -0.129. The van der Waals surface area contributed by atoms with Gasteiger partial charge in [-0.1, -0.05) is 41.9 Å². The number of hydrogen-bond donors (Lipinski definition) is 0. The third-order valence-electron chi connectivity index (χ3n) is 3.29. The van der Waals surface area contributed by atoms with E-state index in [9.17, 15) is 13.6 Å². The fourth-order valence-corrected chi connectivity index (χ4v) is 2.28. The molecule has 0 spiro atoms. The van der Waals surface area contributed by atoms with Crippen LogP contribution in [0.25, 0.3) is 0 Å². The maximum atomic E-state index is 12.2. The molecular formula is C17H16ClF2NO2. The molecule has 6 heteroatoms. The standard InChI is InChI=1S/C17H16ClF2NO2/c1-21(16(22)10-13-4-2-3-5-15(13)18)11-12-6-8-14(9-7-12)23-17(19)20/h2-9,17H,10-11H2,1H3. The molecule has 2 aromatic carbocycles. The highest BCUT2D eigenvalue weighted by Crippen LogP contribution is 2.18. The fourth-order valence-electron chi connectivity index (χ4n) is 2.08. The van der Waals surface area contributed by atoms with Gasteiger partial charge < -0.3 is 9.64 Å². The molecule has 122 valence electrons. The van der Waals surface area contributed by atoms with Crippen LogP contribution < -0.4 is 4.74 Å². The highest BCUT2D eigenvalue weighted by atomic mass is 35.5. The van der Waals surface area contributed by atoms with Crippen molar-refractivity contribution in [1.82, 2.24) is 4.90 Å². The SMILES string of the molecule is CN(Cc1ccc(OC(F)F)cc1)C(=O)Cc1ccccc1Cl. The number of ether oxygens (including phenoxy) is 1. The van der Waals surface area contributed by atoms with Crippen molar-refractivity contribution in [2.45, 2.75) is 19.6 Å².